The van der Waals surface area contributed by atoms with Crippen LogP contribution >= 0.6 is 0 Å². The molecule has 1 heterocycles. The van der Waals surface area contributed by atoms with E-state index in [4.69, 9.17) is 5.11 Å². The fourth-order valence-corrected chi connectivity index (χ4v) is 2.26. The van der Waals surface area contributed by atoms with Gasteiger partial charge in [0, 0.05) is 31.3 Å². The Morgan fingerprint density at radius 2 is 1.77 bits per heavy atom. The first kappa shape index (κ1) is 9.30. The van der Waals surface area contributed by atoms with E-state index in [1.54, 1.807) is 0 Å². The zero-order chi connectivity index (χ0) is 9.74. The van der Waals surface area contributed by atoms with E-state index in [-0.39, 0.29) is 6.61 Å². The molecule has 0 spiro atoms. The topological polar surface area (TPSA) is 52.5 Å². The summed E-state index contributed by atoms with van der Waals surface area (Å²) in [4.78, 5) is 0. The van der Waals surface area contributed by atoms with Crippen LogP contribution < -0.4 is 5.32 Å². The van der Waals surface area contributed by atoms with Gasteiger partial charge in [0.05, 0.1) is 12.2 Å². The summed E-state index contributed by atoms with van der Waals surface area (Å²) in [5, 5.41) is 21.7. The highest BCUT2D eigenvalue weighted by Crippen LogP contribution is 2.58. The number of halogens is 2. The normalized spacial score (nSPS) is 33.2. The molecule has 13 heavy (non-hydrogen) atoms. The lowest BCUT2D eigenvalue weighted by molar-refractivity contribution is -0.263. The summed E-state index contributed by atoms with van der Waals surface area (Å²) >= 11 is 0. The second kappa shape index (κ2) is 2.40. The first-order valence-corrected chi connectivity index (χ1v) is 4.35. The zero-order valence-electron chi connectivity index (χ0n) is 7.19. The van der Waals surface area contributed by atoms with E-state index < -0.39 is 29.8 Å². The molecule has 1 aliphatic carbocycles. The Hall–Kier alpha value is -0.260. The molecule has 1 saturated carbocycles. The summed E-state index contributed by atoms with van der Waals surface area (Å²) in [6, 6.07) is 0. The van der Waals surface area contributed by atoms with Crippen molar-refractivity contribution in [3.8, 4) is 0 Å². The maximum atomic E-state index is 12.7. The second-order valence-electron chi connectivity index (χ2n) is 4.28. The molecule has 0 bridgehead atoms. The first-order valence-electron chi connectivity index (χ1n) is 4.35. The van der Waals surface area contributed by atoms with Crippen molar-refractivity contribution in [1.29, 1.82) is 0 Å². The number of aliphatic hydroxyl groups excluding tert-OH is 1. The Morgan fingerprint density at radius 1 is 1.23 bits per heavy atom. The molecule has 3 N–H and O–H groups in total. The molecule has 1 aliphatic heterocycles. The molecule has 1 saturated heterocycles. The monoisotopic (exact) mass is 193 g/mol. The van der Waals surface area contributed by atoms with Crippen LogP contribution in [-0.4, -0.2) is 41.4 Å². The van der Waals surface area contributed by atoms with Crippen LogP contribution in [0.3, 0.4) is 0 Å². The van der Waals surface area contributed by atoms with E-state index in [1.807, 2.05) is 0 Å². The summed E-state index contributed by atoms with van der Waals surface area (Å²) in [5.74, 6) is -2.70. The van der Waals surface area contributed by atoms with Crippen LogP contribution in [0.4, 0.5) is 8.78 Å². The lowest BCUT2D eigenvalue weighted by Gasteiger charge is -2.59. The SMILES string of the molecule is OCC1(C2(O)CNC2)CC(F)(F)C1. The molecule has 2 rings (SSSR count). The molecule has 0 atom stereocenters. The summed E-state index contributed by atoms with van der Waals surface area (Å²) < 4.78 is 25.3. The lowest BCUT2D eigenvalue weighted by Crippen LogP contribution is -2.74. The minimum atomic E-state index is -2.70. The zero-order valence-corrected chi connectivity index (χ0v) is 7.19. The van der Waals surface area contributed by atoms with Crippen LogP contribution in [0.15, 0.2) is 0 Å². The Kier molecular flexibility index (Phi) is 1.72. The fraction of sp³-hybridized carbons (Fsp3) is 1.00. The summed E-state index contributed by atoms with van der Waals surface area (Å²) in [5.41, 5.74) is -2.09. The molecule has 76 valence electrons. The molecule has 0 aromatic rings. The molecule has 0 aromatic heterocycles. The molecule has 0 unspecified atom stereocenters. The number of hydrogen-bond donors (Lipinski definition) is 3. The number of aliphatic hydroxyl groups is 2. The van der Waals surface area contributed by atoms with Crippen LogP contribution in [0.1, 0.15) is 12.8 Å². The van der Waals surface area contributed by atoms with Crippen molar-refractivity contribution < 1.29 is 19.0 Å². The van der Waals surface area contributed by atoms with Gasteiger partial charge in [-0.15, -0.1) is 0 Å². The van der Waals surface area contributed by atoms with Crippen LogP contribution in [0.5, 0.6) is 0 Å². The molecular weight excluding hydrogens is 180 g/mol. The third-order valence-electron chi connectivity index (χ3n) is 3.32. The van der Waals surface area contributed by atoms with Crippen LogP contribution in [0.2, 0.25) is 0 Å². The van der Waals surface area contributed by atoms with E-state index >= 15 is 0 Å². The molecule has 5 heteroatoms. The maximum Gasteiger partial charge on any atom is 0.249 e. The highest BCUT2D eigenvalue weighted by molar-refractivity contribution is 5.15. The van der Waals surface area contributed by atoms with Gasteiger partial charge in [0.25, 0.3) is 0 Å². The molecule has 0 radical (unpaired) electrons. The molecule has 0 amide bonds. The van der Waals surface area contributed by atoms with E-state index in [1.165, 1.54) is 0 Å². The average molecular weight is 193 g/mol. The van der Waals surface area contributed by atoms with Crippen molar-refractivity contribution in [2.24, 2.45) is 5.41 Å². The van der Waals surface area contributed by atoms with Crippen molar-refractivity contribution in [3.05, 3.63) is 0 Å². The quantitative estimate of drug-likeness (QED) is 0.565. The summed E-state index contributed by atoms with van der Waals surface area (Å²) in [6.45, 7) is 0.258. The standard InChI is InChI=1S/C8H13F2NO2/c9-8(10)1-6(2-8,5-12)7(13)3-11-4-7/h11-13H,1-5H2. The predicted octanol–water partition coefficient (Wildman–Crippen LogP) is -0.272. The van der Waals surface area contributed by atoms with E-state index in [2.05, 4.69) is 5.32 Å². The maximum absolute atomic E-state index is 12.7. The molecule has 2 fully saturated rings. The number of β-amino-alcohol motifs (C(OH)–C–C–N with tert-alkyl or cyclic N) is 1. The molecule has 0 aromatic carbocycles. The summed E-state index contributed by atoms with van der Waals surface area (Å²) in [6.07, 6.45) is -0.788. The highest BCUT2D eigenvalue weighted by atomic mass is 19.3. The van der Waals surface area contributed by atoms with Crippen molar-refractivity contribution in [2.75, 3.05) is 19.7 Å². The average Bonchev–Trinajstić information content (AvgIpc) is 1.94. The van der Waals surface area contributed by atoms with Crippen LogP contribution in [0.25, 0.3) is 0 Å². The van der Waals surface area contributed by atoms with Gasteiger partial charge in [0.2, 0.25) is 5.92 Å². The van der Waals surface area contributed by atoms with Gasteiger partial charge < -0.3 is 15.5 Å². The molecular formula is C8H13F2NO2. The predicted molar refractivity (Wildman–Crippen MR) is 41.5 cm³/mol. The van der Waals surface area contributed by atoms with Gasteiger partial charge in [-0.25, -0.2) is 8.78 Å². The molecule has 3 nitrogen and oxygen atoms in total. The lowest BCUT2D eigenvalue weighted by atomic mass is 9.55. The first-order chi connectivity index (χ1) is 5.93. The van der Waals surface area contributed by atoms with Crippen LogP contribution in [-0.2, 0) is 0 Å². The smallest absolute Gasteiger partial charge is 0.249 e. The van der Waals surface area contributed by atoms with Gasteiger partial charge in [-0.05, 0) is 0 Å². The Morgan fingerprint density at radius 3 is 2.00 bits per heavy atom. The minimum absolute atomic E-state index is 0.309. The third-order valence-corrected chi connectivity index (χ3v) is 3.32. The van der Waals surface area contributed by atoms with Gasteiger partial charge in [0.1, 0.15) is 0 Å². The van der Waals surface area contributed by atoms with Crippen LogP contribution in [0, 0.1) is 5.41 Å². The van der Waals surface area contributed by atoms with Crippen molar-refractivity contribution >= 4 is 0 Å². The van der Waals surface area contributed by atoms with E-state index in [0.29, 0.717) is 13.1 Å². The van der Waals surface area contributed by atoms with Crippen molar-refractivity contribution in [1.82, 2.24) is 5.32 Å². The van der Waals surface area contributed by atoms with E-state index in [9.17, 15) is 13.9 Å². The number of nitrogens with one attached hydrogen (secondary N) is 1. The number of alkyl halides is 2. The fourth-order valence-electron chi connectivity index (χ4n) is 2.26. The van der Waals surface area contributed by atoms with Gasteiger partial charge in [-0.3, -0.25) is 0 Å². The van der Waals surface area contributed by atoms with Gasteiger partial charge in [0.15, 0.2) is 0 Å². The number of hydrogen-bond acceptors (Lipinski definition) is 3. The highest BCUT2D eigenvalue weighted by Gasteiger charge is 2.67. The largest absolute Gasteiger partial charge is 0.396 e. The van der Waals surface area contributed by atoms with Gasteiger partial charge in [-0.1, -0.05) is 0 Å². The van der Waals surface area contributed by atoms with Gasteiger partial charge in [-0.2, -0.15) is 0 Å². The second-order valence-corrected chi connectivity index (χ2v) is 4.28. The van der Waals surface area contributed by atoms with Gasteiger partial charge >= 0.3 is 0 Å². The Labute approximate surface area is 74.8 Å². The minimum Gasteiger partial charge on any atom is -0.396 e. The summed E-state index contributed by atoms with van der Waals surface area (Å²) in [7, 11) is 0. The van der Waals surface area contributed by atoms with E-state index in [0.717, 1.165) is 0 Å². The van der Waals surface area contributed by atoms with Crippen molar-refractivity contribution in [2.45, 2.75) is 24.4 Å². The molecule has 2 aliphatic rings. The van der Waals surface area contributed by atoms with Crippen molar-refractivity contribution in [3.63, 3.8) is 0 Å². The third kappa shape index (κ3) is 1.11. The Balaban J connectivity index is 2.11. The Bertz CT molecular complexity index is 220. The number of rotatable bonds is 2.